The monoisotopic (exact) mass is 432 g/mol. The van der Waals surface area contributed by atoms with Crippen LogP contribution in [0.25, 0.3) is 0 Å². The summed E-state index contributed by atoms with van der Waals surface area (Å²) in [7, 11) is 1.61. The van der Waals surface area contributed by atoms with Gasteiger partial charge in [-0.1, -0.05) is 23.7 Å². The van der Waals surface area contributed by atoms with Crippen molar-refractivity contribution in [3.05, 3.63) is 59.1 Å². The van der Waals surface area contributed by atoms with E-state index in [-0.39, 0.29) is 18.9 Å². The van der Waals surface area contributed by atoms with Crippen molar-refractivity contribution >= 4 is 17.5 Å². The average Bonchev–Trinajstić information content (AvgIpc) is 3.27. The molecule has 7 heteroatoms. The number of hydrogen-bond acceptors (Lipinski definition) is 5. The standard InChI is InChI=1S/C23H29ClN2O4/c1-29-19-8-10-20(11-9-19)30-15-12-22(27)25-21(16-26-13-2-3-14-26)23(28)17-4-6-18(24)7-5-17/h4-11,21,23,28H,2-3,12-16H2,1H3,(H,25,27)/t21-,23-/m1/s1. The Kier molecular flexibility index (Phi) is 8.37. The van der Waals surface area contributed by atoms with Crippen LogP contribution in [-0.2, 0) is 4.79 Å². The van der Waals surface area contributed by atoms with Crippen molar-refractivity contribution in [3.63, 3.8) is 0 Å². The number of halogens is 1. The minimum absolute atomic E-state index is 0.152. The molecule has 1 saturated heterocycles. The van der Waals surface area contributed by atoms with Gasteiger partial charge in [-0.25, -0.2) is 0 Å². The molecule has 1 fully saturated rings. The van der Waals surface area contributed by atoms with Crippen LogP contribution in [0.2, 0.25) is 5.02 Å². The van der Waals surface area contributed by atoms with E-state index in [4.69, 9.17) is 21.1 Å². The molecule has 1 heterocycles. The third-order valence-corrected chi connectivity index (χ3v) is 5.50. The molecule has 1 aliphatic heterocycles. The summed E-state index contributed by atoms with van der Waals surface area (Å²) in [6.45, 7) is 2.83. The number of carbonyl (C=O) groups excluding carboxylic acids is 1. The van der Waals surface area contributed by atoms with E-state index in [1.54, 1.807) is 43.5 Å². The summed E-state index contributed by atoms with van der Waals surface area (Å²) in [5, 5.41) is 14.5. The molecule has 0 spiro atoms. The first-order valence-electron chi connectivity index (χ1n) is 10.3. The van der Waals surface area contributed by atoms with Gasteiger partial charge in [0.15, 0.2) is 0 Å². The topological polar surface area (TPSA) is 71.0 Å². The third kappa shape index (κ3) is 6.62. The summed E-state index contributed by atoms with van der Waals surface area (Å²) in [6.07, 6.45) is 1.69. The predicted octanol–water partition coefficient (Wildman–Crippen LogP) is 3.43. The Bertz CT molecular complexity index is 792. The van der Waals surface area contributed by atoms with E-state index in [0.29, 0.717) is 17.3 Å². The molecule has 6 nitrogen and oxygen atoms in total. The van der Waals surface area contributed by atoms with Gasteiger partial charge in [-0.05, 0) is 67.9 Å². The lowest BCUT2D eigenvalue weighted by atomic mass is 10.0. The fraction of sp³-hybridized carbons (Fsp3) is 0.435. The Morgan fingerprint density at radius 1 is 1.10 bits per heavy atom. The van der Waals surface area contributed by atoms with Gasteiger partial charge < -0.3 is 24.8 Å². The van der Waals surface area contributed by atoms with Crippen LogP contribution in [0, 0.1) is 0 Å². The molecule has 0 unspecified atom stereocenters. The van der Waals surface area contributed by atoms with Gasteiger partial charge in [0.25, 0.3) is 0 Å². The molecule has 0 radical (unpaired) electrons. The van der Waals surface area contributed by atoms with Crippen LogP contribution in [-0.4, -0.2) is 55.3 Å². The highest BCUT2D eigenvalue weighted by molar-refractivity contribution is 6.30. The molecule has 1 aliphatic rings. The number of rotatable bonds is 10. The SMILES string of the molecule is COc1ccc(OCCC(=O)N[C@H](CN2CCCC2)[C@H](O)c2ccc(Cl)cc2)cc1. The number of benzene rings is 2. The summed E-state index contributed by atoms with van der Waals surface area (Å²) in [5.74, 6) is 1.28. The van der Waals surface area contributed by atoms with Crippen molar-refractivity contribution < 1.29 is 19.4 Å². The minimum Gasteiger partial charge on any atom is -0.497 e. The number of hydrogen-bond donors (Lipinski definition) is 2. The maximum Gasteiger partial charge on any atom is 0.223 e. The number of carbonyl (C=O) groups is 1. The number of likely N-dealkylation sites (tertiary alicyclic amines) is 1. The van der Waals surface area contributed by atoms with Crippen molar-refractivity contribution in [2.75, 3.05) is 33.4 Å². The second kappa shape index (κ2) is 11.2. The van der Waals surface area contributed by atoms with E-state index in [0.717, 1.165) is 37.2 Å². The maximum absolute atomic E-state index is 12.5. The normalized spacial score (nSPS) is 16.1. The largest absolute Gasteiger partial charge is 0.497 e. The fourth-order valence-corrected chi connectivity index (χ4v) is 3.70. The summed E-state index contributed by atoms with van der Waals surface area (Å²) in [5.41, 5.74) is 0.735. The number of ether oxygens (including phenoxy) is 2. The van der Waals surface area contributed by atoms with Crippen LogP contribution >= 0.6 is 11.6 Å². The molecular formula is C23H29ClN2O4. The Balaban J connectivity index is 1.55. The Morgan fingerprint density at radius 2 is 1.73 bits per heavy atom. The molecule has 2 aromatic rings. The van der Waals surface area contributed by atoms with Gasteiger partial charge in [-0.15, -0.1) is 0 Å². The van der Waals surface area contributed by atoms with Crippen LogP contribution in [0.1, 0.15) is 30.9 Å². The molecule has 162 valence electrons. The zero-order chi connectivity index (χ0) is 21.3. The van der Waals surface area contributed by atoms with E-state index in [2.05, 4.69) is 10.2 Å². The van der Waals surface area contributed by atoms with Crippen LogP contribution in [0.4, 0.5) is 0 Å². The van der Waals surface area contributed by atoms with Crippen LogP contribution in [0.15, 0.2) is 48.5 Å². The van der Waals surface area contributed by atoms with Gasteiger partial charge in [-0.3, -0.25) is 4.79 Å². The first kappa shape index (κ1) is 22.4. The summed E-state index contributed by atoms with van der Waals surface area (Å²) in [6, 6.07) is 13.9. The molecule has 2 atom stereocenters. The van der Waals surface area contributed by atoms with E-state index < -0.39 is 12.1 Å². The van der Waals surface area contributed by atoms with Gasteiger partial charge in [0.2, 0.25) is 5.91 Å². The van der Waals surface area contributed by atoms with Crippen molar-refractivity contribution in [2.45, 2.75) is 31.4 Å². The molecule has 0 aromatic heterocycles. The van der Waals surface area contributed by atoms with Crippen LogP contribution in [0.3, 0.4) is 0 Å². The molecule has 0 aliphatic carbocycles. The lowest BCUT2D eigenvalue weighted by Crippen LogP contribution is -2.47. The van der Waals surface area contributed by atoms with Gasteiger partial charge in [0.1, 0.15) is 17.6 Å². The first-order valence-corrected chi connectivity index (χ1v) is 10.6. The molecule has 3 rings (SSSR count). The number of methoxy groups -OCH3 is 1. The van der Waals surface area contributed by atoms with Crippen molar-refractivity contribution in [2.24, 2.45) is 0 Å². The summed E-state index contributed by atoms with van der Waals surface area (Å²) >= 11 is 5.96. The molecule has 30 heavy (non-hydrogen) atoms. The molecule has 0 bridgehead atoms. The number of amides is 1. The highest BCUT2D eigenvalue weighted by Crippen LogP contribution is 2.22. The number of aliphatic hydroxyl groups is 1. The average molecular weight is 433 g/mol. The molecule has 2 aromatic carbocycles. The van der Waals surface area contributed by atoms with E-state index in [9.17, 15) is 9.90 Å². The first-order chi connectivity index (χ1) is 14.5. The number of nitrogens with zero attached hydrogens (tertiary/aromatic N) is 1. The molecular weight excluding hydrogens is 404 g/mol. The molecule has 0 saturated carbocycles. The lowest BCUT2D eigenvalue weighted by molar-refractivity contribution is -0.123. The van der Waals surface area contributed by atoms with Crippen LogP contribution < -0.4 is 14.8 Å². The maximum atomic E-state index is 12.5. The van der Waals surface area contributed by atoms with Crippen molar-refractivity contribution in [3.8, 4) is 11.5 Å². The number of aliphatic hydroxyl groups excluding tert-OH is 1. The van der Waals surface area contributed by atoms with Crippen LogP contribution in [0.5, 0.6) is 11.5 Å². The Hall–Kier alpha value is -2.28. The second-order valence-corrected chi connectivity index (χ2v) is 7.89. The Morgan fingerprint density at radius 3 is 2.37 bits per heavy atom. The quantitative estimate of drug-likeness (QED) is 0.601. The predicted molar refractivity (Wildman–Crippen MR) is 117 cm³/mol. The van der Waals surface area contributed by atoms with Gasteiger partial charge in [0.05, 0.1) is 26.2 Å². The summed E-state index contributed by atoms with van der Waals surface area (Å²) in [4.78, 5) is 14.8. The molecule has 1 amide bonds. The minimum atomic E-state index is -0.811. The second-order valence-electron chi connectivity index (χ2n) is 7.45. The zero-order valence-electron chi connectivity index (χ0n) is 17.2. The highest BCUT2D eigenvalue weighted by atomic mass is 35.5. The molecule has 2 N–H and O–H groups in total. The van der Waals surface area contributed by atoms with Gasteiger partial charge in [-0.2, -0.15) is 0 Å². The third-order valence-electron chi connectivity index (χ3n) is 5.25. The highest BCUT2D eigenvalue weighted by Gasteiger charge is 2.26. The number of nitrogens with one attached hydrogen (secondary N) is 1. The van der Waals surface area contributed by atoms with E-state index in [1.807, 2.05) is 12.1 Å². The van der Waals surface area contributed by atoms with E-state index in [1.165, 1.54) is 0 Å². The summed E-state index contributed by atoms with van der Waals surface area (Å²) < 4.78 is 10.8. The van der Waals surface area contributed by atoms with Gasteiger partial charge in [0, 0.05) is 11.6 Å². The van der Waals surface area contributed by atoms with E-state index >= 15 is 0 Å². The fourth-order valence-electron chi connectivity index (χ4n) is 3.57. The van der Waals surface area contributed by atoms with Gasteiger partial charge >= 0.3 is 0 Å². The van der Waals surface area contributed by atoms with Crippen molar-refractivity contribution in [1.29, 1.82) is 0 Å². The smallest absolute Gasteiger partial charge is 0.223 e. The zero-order valence-corrected chi connectivity index (χ0v) is 18.0. The Labute approximate surface area is 182 Å². The van der Waals surface area contributed by atoms with Crippen molar-refractivity contribution in [1.82, 2.24) is 10.2 Å². The lowest BCUT2D eigenvalue weighted by Gasteiger charge is -2.28.